The molecule has 0 spiro atoms. The summed E-state index contributed by atoms with van der Waals surface area (Å²) in [6, 6.07) is 4.02. The lowest BCUT2D eigenvalue weighted by Crippen LogP contribution is -2.02. The van der Waals surface area contributed by atoms with Crippen molar-refractivity contribution < 1.29 is 4.79 Å². The fraction of sp³-hybridized carbons (Fsp3) is 0.333. The summed E-state index contributed by atoms with van der Waals surface area (Å²) in [7, 11) is 0. The van der Waals surface area contributed by atoms with Crippen molar-refractivity contribution in [2.45, 2.75) is 26.2 Å². The summed E-state index contributed by atoms with van der Waals surface area (Å²) >= 11 is 0. The molecule has 72 valence electrons. The van der Waals surface area contributed by atoms with Gasteiger partial charge in [0.1, 0.15) is 0 Å². The third-order valence-corrected chi connectivity index (χ3v) is 2.49. The standard InChI is InChI=1S/C12H13NO/c1-9-5-6-11(8-13-9)10-3-2-4-12(14)7-10/h5-8H,2-4H2,1H3. The average Bonchev–Trinajstić information content (AvgIpc) is 2.19. The summed E-state index contributed by atoms with van der Waals surface area (Å²) in [5, 5.41) is 0. The Balaban J connectivity index is 2.30. The number of pyridine rings is 1. The van der Waals surface area contributed by atoms with Gasteiger partial charge in [-0.15, -0.1) is 0 Å². The fourth-order valence-corrected chi connectivity index (χ4v) is 1.68. The van der Waals surface area contributed by atoms with Crippen molar-refractivity contribution in [1.29, 1.82) is 0 Å². The molecule has 0 saturated carbocycles. The molecule has 2 rings (SSSR count). The minimum Gasteiger partial charge on any atom is -0.295 e. The van der Waals surface area contributed by atoms with Crippen LogP contribution in [0, 0.1) is 6.92 Å². The van der Waals surface area contributed by atoms with Gasteiger partial charge in [0, 0.05) is 18.3 Å². The van der Waals surface area contributed by atoms with E-state index in [0.717, 1.165) is 29.7 Å². The first-order valence-corrected chi connectivity index (χ1v) is 4.92. The first kappa shape index (κ1) is 9.13. The molecule has 2 heteroatoms. The molecule has 0 N–H and O–H groups in total. The van der Waals surface area contributed by atoms with E-state index in [1.54, 1.807) is 6.08 Å². The summed E-state index contributed by atoms with van der Waals surface area (Å²) in [5.74, 6) is 0.242. The Morgan fingerprint density at radius 1 is 1.29 bits per heavy atom. The highest BCUT2D eigenvalue weighted by Crippen LogP contribution is 2.24. The highest BCUT2D eigenvalue weighted by molar-refractivity contribution is 5.98. The first-order chi connectivity index (χ1) is 6.75. The van der Waals surface area contributed by atoms with Gasteiger partial charge >= 0.3 is 0 Å². The van der Waals surface area contributed by atoms with Gasteiger partial charge in [-0.3, -0.25) is 9.78 Å². The molecule has 0 saturated heterocycles. The van der Waals surface area contributed by atoms with Crippen LogP contribution in [0.25, 0.3) is 5.57 Å². The monoisotopic (exact) mass is 187 g/mol. The number of aryl methyl sites for hydroxylation is 1. The molecule has 1 aromatic heterocycles. The van der Waals surface area contributed by atoms with Gasteiger partial charge < -0.3 is 0 Å². The molecule has 0 bridgehead atoms. The minimum absolute atomic E-state index is 0.242. The summed E-state index contributed by atoms with van der Waals surface area (Å²) < 4.78 is 0. The van der Waals surface area contributed by atoms with E-state index in [4.69, 9.17) is 0 Å². The van der Waals surface area contributed by atoms with Crippen LogP contribution in [0.2, 0.25) is 0 Å². The smallest absolute Gasteiger partial charge is 0.155 e. The van der Waals surface area contributed by atoms with Gasteiger partial charge in [-0.1, -0.05) is 6.07 Å². The van der Waals surface area contributed by atoms with E-state index in [1.165, 1.54) is 0 Å². The average molecular weight is 187 g/mol. The lowest BCUT2D eigenvalue weighted by molar-refractivity contribution is -0.114. The molecule has 1 aliphatic carbocycles. The minimum atomic E-state index is 0.242. The molecular weight excluding hydrogens is 174 g/mol. The highest BCUT2D eigenvalue weighted by atomic mass is 16.1. The zero-order chi connectivity index (χ0) is 9.97. The summed E-state index contributed by atoms with van der Waals surface area (Å²) in [4.78, 5) is 15.4. The third kappa shape index (κ3) is 1.90. The van der Waals surface area contributed by atoms with Gasteiger partial charge in [0.15, 0.2) is 5.78 Å². The molecule has 1 aromatic rings. The van der Waals surface area contributed by atoms with Gasteiger partial charge in [-0.25, -0.2) is 0 Å². The number of hydrogen-bond acceptors (Lipinski definition) is 2. The van der Waals surface area contributed by atoms with E-state index < -0.39 is 0 Å². The third-order valence-electron chi connectivity index (χ3n) is 2.49. The van der Waals surface area contributed by atoms with Crippen LogP contribution in [-0.4, -0.2) is 10.8 Å². The van der Waals surface area contributed by atoms with Crippen molar-refractivity contribution in [3.8, 4) is 0 Å². The summed E-state index contributed by atoms with van der Waals surface area (Å²) in [6.07, 6.45) is 6.27. The molecule has 14 heavy (non-hydrogen) atoms. The summed E-state index contributed by atoms with van der Waals surface area (Å²) in [5.41, 5.74) is 3.23. The molecule has 0 aliphatic heterocycles. The molecule has 0 radical (unpaired) electrons. The Labute approximate surface area is 83.7 Å². The summed E-state index contributed by atoms with van der Waals surface area (Å²) in [6.45, 7) is 1.96. The number of allylic oxidation sites excluding steroid dienone is 2. The predicted octanol–water partition coefficient (Wildman–Crippen LogP) is 2.53. The largest absolute Gasteiger partial charge is 0.295 e. The van der Waals surface area contributed by atoms with Crippen molar-refractivity contribution in [2.24, 2.45) is 0 Å². The Hall–Kier alpha value is -1.44. The van der Waals surface area contributed by atoms with E-state index in [1.807, 2.05) is 25.3 Å². The SMILES string of the molecule is Cc1ccc(C2=CC(=O)CCC2)cn1. The van der Waals surface area contributed by atoms with Gasteiger partial charge in [0.05, 0.1) is 0 Å². The van der Waals surface area contributed by atoms with Crippen molar-refractivity contribution in [1.82, 2.24) is 4.98 Å². The number of ketones is 1. The predicted molar refractivity (Wildman–Crippen MR) is 55.8 cm³/mol. The quantitative estimate of drug-likeness (QED) is 0.676. The molecule has 2 nitrogen and oxygen atoms in total. The molecule has 0 fully saturated rings. The zero-order valence-corrected chi connectivity index (χ0v) is 8.29. The highest BCUT2D eigenvalue weighted by Gasteiger charge is 2.11. The van der Waals surface area contributed by atoms with Crippen LogP contribution in [0.3, 0.4) is 0 Å². The maximum Gasteiger partial charge on any atom is 0.155 e. The van der Waals surface area contributed by atoms with Crippen molar-refractivity contribution >= 4 is 11.4 Å². The molecule has 0 aromatic carbocycles. The van der Waals surface area contributed by atoms with Crippen molar-refractivity contribution in [2.75, 3.05) is 0 Å². The first-order valence-electron chi connectivity index (χ1n) is 4.92. The number of rotatable bonds is 1. The molecule has 0 atom stereocenters. The van der Waals surface area contributed by atoms with E-state index in [2.05, 4.69) is 4.98 Å². The van der Waals surface area contributed by atoms with Gasteiger partial charge in [-0.2, -0.15) is 0 Å². The number of carbonyl (C=O) groups is 1. The fourth-order valence-electron chi connectivity index (χ4n) is 1.68. The Morgan fingerprint density at radius 2 is 2.14 bits per heavy atom. The van der Waals surface area contributed by atoms with Crippen LogP contribution in [0.1, 0.15) is 30.5 Å². The Bertz CT molecular complexity index is 376. The second-order valence-corrected chi connectivity index (χ2v) is 3.68. The molecule has 0 amide bonds. The maximum absolute atomic E-state index is 11.2. The maximum atomic E-state index is 11.2. The topological polar surface area (TPSA) is 30.0 Å². The Morgan fingerprint density at radius 3 is 2.79 bits per heavy atom. The van der Waals surface area contributed by atoms with E-state index in [9.17, 15) is 4.79 Å². The van der Waals surface area contributed by atoms with Crippen LogP contribution in [-0.2, 0) is 4.79 Å². The van der Waals surface area contributed by atoms with E-state index in [-0.39, 0.29) is 5.78 Å². The zero-order valence-electron chi connectivity index (χ0n) is 8.29. The second-order valence-electron chi connectivity index (χ2n) is 3.68. The van der Waals surface area contributed by atoms with Crippen LogP contribution >= 0.6 is 0 Å². The molecular formula is C12H13NO. The van der Waals surface area contributed by atoms with Crippen LogP contribution < -0.4 is 0 Å². The van der Waals surface area contributed by atoms with Gasteiger partial charge in [0.2, 0.25) is 0 Å². The van der Waals surface area contributed by atoms with Crippen LogP contribution in [0.15, 0.2) is 24.4 Å². The van der Waals surface area contributed by atoms with Crippen molar-refractivity contribution in [3.05, 3.63) is 35.7 Å². The molecule has 1 heterocycles. The van der Waals surface area contributed by atoms with Crippen molar-refractivity contribution in [3.63, 3.8) is 0 Å². The van der Waals surface area contributed by atoms with Gasteiger partial charge in [-0.05, 0) is 43.0 Å². The Kier molecular flexibility index (Phi) is 2.44. The van der Waals surface area contributed by atoms with Gasteiger partial charge in [0.25, 0.3) is 0 Å². The normalized spacial score (nSPS) is 16.6. The van der Waals surface area contributed by atoms with Crippen LogP contribution in [0.5, 0.6) is 0 Å². The van der Waals surface area contributed by atoms with Crippen LogP contribution in [0.4, 0.5) is 0 Å². The number of carbonyl (C=O) groups excluding carboxylic acids is 1. The number of hydrogen-bond donors (Lipinski definition) is 0. The lowest BCUT2D eigenvalue weighted by atomic mass is 9.94. The molecule has 0 unspecified atom stereocenters. The lowest BCUT2D eigenvalue weighted by Gasteiger charge is -2.11. The second kappa shape index (κ2) is 3.74. The molecule has 1 aliphatic rings. The number of aromatic nitrogens is 1. The van der Waals surface area contributed by atoms with E-state index >= 15 is 0 Å². The number of nitrogens with zero attached hydrogens (tertiary/aromatic N) is 1. The van der Waals surface area contributed by atoms with E-state index in [0.29, 0.717) is 6.42 Å².